The fourth-order valence-corrected chi connectivity index (χ4v) is 3.60. The first-order chi connectivity index (χ1) is 10.8. The van der Waals surface area contributed by atoms with Crippen molar-refractivity contribution in [3.63, 3.8) is 0 Å². The first kappa shape index (κ1) is 14.0. The normalized spacial score (nSPS) is 24.5. The van der Waals surface area contributed by atoms with Gasteiger partial charge in [0.05, 0.1) is 19.1 Å². The fraction of sp³-hybridized carbons (Fsp3) is 0.500. The predicted molar refractivity (Wildman–Crippen MR) is 87.4 cm³/mol. The molecule has 4 nitrogen and oxygen atoms in total. The molecule has 4 heteroatoms. The summed E-state index contributed by atoms with van der Waals surface area (Å²) in [5.41, 5.74) is 1.88. The second-order valence-electron chi connectivity index (χ2n) is 6.37. The van der Waals surface area contributed by atoms with E-state index in [1.807, 2.05) is 0 Å². The topological polar surface area (TPSA) is 41.6 Å². The minimum Gasteiger partial charge on any atom is -0.384 e. The molecule has 1 aromatic rings. The fourth-order valence-electron chi connectivity index (χ4n) is 3.60. The molecule has 2 heterocycles. The maximum Gasteiger partial charge on any atom is 0.171 e. The Labute approximate surface area is 130 Å². The number of hydrogen-bond acceptors (Lipinski definition) is 4. The zero-order valence-electron chi connectivity index (χ0n) is 12.8. The van der Waals surface area contributed by atoms with E-state index >= 15 is 0 Å². The van der Waals surface area contributed by atoms with Crippen LogP contribution in [0.15, 0.2) is 12.1 Å². The van der Waals surface area contributed by atoms with Crippen molar-refractivity contribution in [2.45, 2.75) is 12.8 Å². The third-order valence-corrected chi connectivity index (χ3v) is 4.88. The number of morpholine rings is 1. The highest BCUT2D eigenvalue weighted by Gasteiger charge is 2.29. The van der Waals surface area contributed by atoms with Gasteiger partial charge in [0.1, 0.15) is 0 Å². The highest BCUT2D eigenvalue weighted by molar-refractivity contribution is 6.04. The molecule has 2 aliphatic heterocycles. The molecule has 0 bridgehead atoms. The van der Waals surface area contributed by atoms with Crippen molar-refractivity contribution in [2.75, 3.05) is 44.7 Å². The number of nitrogens with one attached hydrogen (secondary N) is 1. The van der Waals surface area contributed by atoms with Gasteiger partial charge >= 0.3 is 0 Å². The first-order valence-corrected chi connectivity index (χ1v) is 8.24. The van der Waals surface area contributed by atoms with Crippen LogP contribution in [0.2, 0.25) is 0 Å². The van der Waals surface area contributed by atoms with Crippen LogP contribution < -0.4 is 15.8 Å². The minimum absolute atomic E-state index is 0.0521. The standard InChI is InChI=1S/C18H22N2O2/c21-18-15(12-20-5-7-22-8-6-20)11-19-17-10-14-4-2-1-3-13(14)9-16(17)18/h3-4,9-10,15,19H,1-2,5-8,11-12H2. The van der Waals surface area contributed by atoms with Crippen LogP contribution in [-0.4, -0.2) is 50.1 Å². The van der Waals surface area contributed by atoms with Crippen molar-refractivity contribution in [3.8, 4) is 0 Å². The molecule has 1 aromatic carbocycles. The Balaban J connectivity index is 1.60. The number of rotatable bonds is 2. The molecule has 116 valence electrons. The Morgan fingerprint density at radius 3 is 2.64 bits per heavy atom. The van der Waals surface area contributed by atoms with Crippen LogP contribution >= 0.6 is 0 Å². The van der Waals surface area contributed by atoms with Crippen LogP contribution in [0, 0.1) is 5.92 Å². The Hall–Kier alpha value is -1.65. The van der Waals surface area contributed by atoms with Crippen LogP contribution in [0.4, 0.5) is 5.69 Å². The van der Waals surface area contributed by atoms with Crippen molar-refractivity contribution in [3.05, 3.63) is 28.1 Å². The van der Waals surface area contributed by atoms with Gasteiger partial charge < -0.3 is 10.1 Å². The van der Waals surface area contributed by atoms with E-state index in [4.69, 9.17) is 4.74 Å². The van der Waals surface area contributed by atoms with Gasteiger partial charge in [-0.15, -0.1) is 0 Å². The van der Waals surface area contributed by atoms with Gasteiger partial charge in [-0.2, -0.15) is 0 Å². The van der Waals surface area contributed by atoms with E-state index in [1.54, 1.807) is 0 Å². The van der Waals surface area contributed by atoms with Crippen LogP contribution in [0.1, 0.15) is 23.2 Å². The minimum atomic E-state index is 0.0521. The Morgan fingerprint density at radius 1 is 1.14 bits per heavy atom. The maximum atomic E-state index is 12.9. The second kappa shape index (κ2) is 5.86. The van der Waals surface area contributed by atoms with E-state index in [2.05, 4.69) is 34.5 Å². The van der Waals surface area contributed by atoms with E-state index in [1.165, 1.54) is 10.4 Å². The molecule has 1 N–H and O–H groups in total. The smallest absolute Gasteiger partial charge is 0.171 e. The second-order valence-corrected chi connectivity index (χ2v) is 6.37. The molecule has 1 atom stereocenters. The summed E-state index contributed by atoms with van der Waals surface area (Å²) in [6.07, 6.45) is 6.68. The van der Waals surface area contributed by atoms with Gasteiger partial charge in [-0.1, -0.05) is 12.2 Å². The van der Waals surface area contributed by atoms with Crippen molar-refractivity contribution < 1.29 is 9.53 Å². The predicted octanol–water partition coefficient (Wildman–Crippen LogP) is 0.598. The summed E-state index contributed by atoms with van der Waals surface area (Å²) in [7, 11) is 0. The maximum absolute atomic E-state index is 12.9. The zero-order chi connectivity index (χ0) is 14.9. The number of hydrogen-bond donors (Lipinski definition) is 1. The van der Waals surface area contributed by atoms with Crippen LogP contribution in [-0.2, 0) is 4.74 Å². The van der Waals surface area contributed by atoms with Crippen molar-refractivity contribution in [2.24, 2.45) is 5.92 Å². The summed E-state index contributed by atoms with van der Waals surface area (Å²) in [6.45, 7) is 5.01. The molecule has 0 spiro atoms. The average Bonchev–Trinajstić information content (AvgIpc) is 2.57. The molecular formula is C18H22N2O2. The molecular weight excluding hydrogens is 276 g/mol. The molecule has 1 aliphatic carbocycles. The van der Waals surface area contributed by atoms with Gasteiger partial charge in [0.25, 0.3) is 0 Å². The van der Waals surface area contributed by atoms with Gasteiger partial charge in [0, 0.05) is 37.4 Å². The van der Waals surface area contributed by atoms with Gasteiger partial charge in [-0.05, 0) is 35.4 Å². The molecule has 0 amide bonds. The summed E-state index contributed by atoms with van der Waals surface area (Å²) in [5.74, 6) is 0.346. The number of anilines is 1. The first-order valence-electron chi connectivity index (χ1n) is 8.24. The van der Waals surface area contributed by atoms with Gasteiger partial charge in [-0.25, -0.2) is 0 Å². The molecule has 1 unspecified atom stereocenters. The van der Waals surface area contributed by atoms with Crippen LogP contribution in [0.5, 0.6) is 0 Å². The molecule has 4 rings (SSSR count). The number of fused-ring (bicyclic) bond motifs is 2. The average molecular weight is 298 g/mol. The monoisotopic (exact) mass is 298 g/mol. The molecule has 22 heavy (non-hydrogen) atoms. The Bertz CT molecular complexity index is 705. The van der Waals surface area contributed by atoms with E-state index in [9.17, 15) is 4.79 Å². The third kappa shape index (κ3) is 2.57. The molecule has 0 aromatic heterocycles. The highest BCUT2D eigenvalue weighted by atomic mass is 16.5. The quantitative estimate of drug-likeness (QED) is 0.868. The lowest BCUT2D eigenvalue weighted by atomic mass is 9.90. The molecule has 1 saturated heterocycles. The Morgan fingerprint density at radius 2 is 1.86 bits per heavy atom. The van der Waals surface area contributed by atoms with Gasteiger partial charge in [0.15, 0.2) is 5.78 Å². The number of carbonyl (C=O) groups excluding carboxylic acids is 1. The van der Waals surface area contributed by atoms with Crippen molar-refractivity contribution in [1.29, 1.82) is 0 Å². The highest BCUT2D eigenvalue weighted by Crippen LogP contribution is 2.23. The lowest BCUT2D eigenvalue weighted by Gasteiger charge is -2.32. The molecule has 0 radical (unpaired) electrons. The molecule has 1 fully saturated rings. The number of ether oxygens (including phenoxy) is 1. The molecule has 0 saturated carbocycles. The van der Waals surface area contributed by atoms with Crippen LogP contribution in [0.3, 0.4) is 0 Å². The van der Waals surface area contributed by atoms with E-state index < -0.39 is 0 Å². The zero-order valence-corrected chi connectivity index (χ0v) is 12.8. The van der Waals surface area contributed by atoms with Crippen molar-refractivity contribution in [1.82, 2.24) is 4.90 Å². The summed E-state index contributed by atoms with van der Waals surface area (Å²) < 4.78 is 5.38. The number of ketones is 1. The summed E-state index contributed by atoms with van der Waals surface area (Å²) >= 11 is 0. The Kier molecular flexibility index (Phi) is 3.72. The van der Waals surface area contributed by atoms with Crippen LogP contribution in [0.25, 0.3) is 12.2 Å². The summed E-state index contributed by atoms with van der Waals surface area (Å²) in [6, 6.07) is 4.23. The third-order valence-electron chi connectivity index (χ3n) is 4.88. The SMILES string of the molecule is O=C1c2cc3c(cc2NCC1CN1CCOCC1)=CCCC=3. The summed E-state index contributed by atoms with van der Waals surface area (Å²) in [5, 5.41) is 5.95. The van der Waals surface area contributed by atoms with E-state index in [0.717, 1.165) is 63.5 Å². The largest absolute Gasteiger partial charge is 0.384 e. The van der Waals surface area contributed by atoms with Gasteiger partial charge in [0.2, 0.25) is 0 Å². The summed E-state index contributed by atoms with van der Waals surface area (Å²) in [4.78, 5) is 15.2. The van der Waals surface area contributed by atoms with Crippen molar-refractivity contribution >= 4 is 23.6 Å². The molecule has 3 aliphatic rings. The number of carbonyl (C=O) groups is 1. The number of Topliss-reactive ketones (excluding diaryl/α,β-unsaturated/α-hetero) is 1. The van der Waals surface area contributed by atoms with E-state index in [0.29, 0.717) is 5.78 Å². The number of nitrogens with zero attached hydrogens (tertiary/aromatic N) is 1. The lowest BCUT2D eigenvalue weighted by Crippen LogP contribution is -2.45. The lowest BCUT2D eigenvalue weighted by molar-refractivity contribution is 0.0307. The van der Waals surface area contributed by atoms with E-state index in [-0.39, 0.29) is 5.92 Å². The number of benzene rings is 1. The van der Waals surface area contributed by atoms with Gasteiger partial charge in [-0.3, -0.25) is 9.69 Å².